The first-order valence-electron chi connectivity index (χ1n) is 16.1. The molecule has 3 heterocycles. The summed E-state index contributed by atoms with van der Waals surface area (Å²) < 4.78 is 0. The van der Waals surface area contributed by atoms with E-state index in [1.807, 2.05) is 40.1 Å². The lowest BCUT2D eigenvalue weighted by molar-refractivity contribution is -0.138. The molecule has 5 aromatic rings. The lowest BCUT2D eigenvalue weighted by Gasteiger charge is -2.42. The lowest BCUT2D eigenvalue weighted by atomic mass is 9.90. The van der Waals surface area contributed by atoms with Crippen LogP contribution in [0.1, 0.15) is 53.4 Å². The number of amides is 2. The van der Waals surface area contributed by atoms with Crippen molar-refractivity contribution in [2.24, 2.45) is 5.92 Å². The second kappa shape index (κ2) is 11.9. The summed E-state index contributed by atoms with van der Waals surface area (Å²) in [6.45, 7) is 9.10. The van der Waals surface area contributed by atoms with Crippen molar-refractivity contribution < 1.29 is 9.59 Å². The molecule has 3 atom stereocenters. The molecule has 1 fully saturated rings. The molecule has 2 aliphatic heterocycles. The maximum atomic E-state index is 14.7. The lowest BCUT2D eigenvalue weighted by Crippen LogP contribution is -2.57. The van der Waals surface area contributed by atoms with E-state index in [-0.39, 0.29) is 17.7 Å². The van der Waals surface area contributed by atoms with Crippen LogP contribution in [0.4, 0.5) is 5.69 Å². The molecule has 0 bridgehead atoms. The summed E-state index contributed by atoms with van der Waals surface area (Å²) in [6.07, 6.45) is 0.784. The van der Waals surface area contributed by atoms with Crippen LogP contribution < -0.4 is 4.90 Å². The maximum absolute atomic E-state index is 14.7. The number of H-pyrrole nitrogens is 1. The first-order valence-corrected chi connectivity index (χ1v) is 16.1. The van der Waals surface area contributed by atoms with Crippen molar-refractivity contribution in [1.82, 2.24) is 14.8 Å². The van der Waals surface area contributed by atoms with E-state index in [4.69, 9.17) is 0 Å². The standard InChI is InChI=1S/C39H40N4O2/c1-4-27(3)36(39(45)42-24-22-41(23-25-42)29-12-6-5-7-13-29)43-37(30-14-8-9-15-31(30)38(43)44)34-32-16-10-11-17-33(32)40-35(34)28-20-18-26(2)19-21-28/h5-21,27,36-37,40H,4,22-25H2,1-3H3. The Morgan fingerprint density at radius 3 is 2.24 bits per heavy atom. The highest BCUT2D eigenvalue weighted by Crippen LogP contribution is 2.47. The molecule has 2 amide bonds. The van der Waals surface area contributed by atoms with Crippen molar-refractivity contribution in [3.8, 4) is 11.3 Å². The largest absolute Gasteiger partial charge is 0.368 e. The van der Waals surface area contributed by atoms with Crippen molar-refractivity contribution in [1.29, 1.82) is 0 Å². The van der Waals surface area contributed by atoms with Crippen molar-refractivity contribution >= 4 is 28.4 Å². The Hall–Kier alpha value is -4.84. The van der Waals surface area contributed by atoms with Crippen LogP contribution in [0, 0.1) is 12.8 Å². The number of carbonyl (C=O) groups excluding carboxylic acids is 2. The molecule has 0 radical (unpaired) electrons. The van der Waals surface area contributed by atoms with E-state index in [2.05, 4.69) is 103 Å². The van der Waals surface area contributed by atoms with Gasteiger partial charge in [0.1, 0.15) is 6.04 Å². The molecular formula is C39H40N4O2. The number of para-hydroxylation sites is 2. The van der Waals surface area contributed by atoms with Crippen LogP contribution in [0.5, 0.6) is 0 Å². The number of aromatic amines is 1. The normalized spacial score (nSPS) is 17.9. The van der Waals surface area contributed by atoms with E-state index in [0.717, 1.165) is 52.8 Å². The fraction of sp³-hybridized carbons (Fsp3) is 0.282. The average molecular weight is 597 g/mol. The third-order valence-electron chi connectivity index (χ3n) is 9.81. The van der Waals surface area contributed by atoms with Gasteiger partial charge in [-0.1, -0.05) is 105 Å². The molecule has 228 valence electrons. The van der Waals surface area contributed by atoms with Gasteiger partial charge in [-0.15, -0.1) is 0 Å². The highest BCUT2D eigenvalue weighted by atomic mass is 16.2. The Labute approximate surface area is 265 Å². The first kappa shape index (κ1) is 28.9. The molecule has 1 aromatic heterocycles. The minimum Gasteiger partial charge on any atom is -0.368 e. The Morgan fingerprint density at radius 1 is 0.844 bits per heavy atom. The molecule has 0 aliphatic carbocycles. The number of benzene rings is 4. The predicted octanol–water partition coefficient (Wildman–Crippen LogP) is 7.45. The van der Waals surface area contributed by atoms with Gasteiger partial charge in [0.2, 0.25) is 5.91 Å². The molecule has 0 saturated carbocycles. The van der Waals surface area contributed by atoms with Gasteiger partial charge in [0, 0.05) is 53.9 Å². The summed E-state index contributed by atoms with van der Waals surface area (Å²) in [6, 6.07) is 34.1. The van der Waals surface area contributed by atoms with Crippen LogP contribution in [0.25, 0.3) is 22.2 Å². The fourth-order valence-electron chi connectivity index (χ4n) is 7.18. The molecule has 6 heteroatoms. The fourth-order valence-corrected chi connectivity index (χ4v) is 7.18. The second-order valence-electron chi connectivity index (χ2n) is 12.5. The van der Waals surface area contributed by atoms with Crippen molar-refractivity contribution in [2.75, 3.05) is 31.1 Å². The van der Waals surface area contributed by atoms with Crippen molar-refractivity contribution in [3.05, 3.63) is 125 Å². The van der Waals surface area contributed by atoms with Gasteiger partial charge in [0.25, 0.3) is 5.91 Å². The minimum absolute atomic E-state index is 0.0292. The van der Waals surface area contributed by atoms with Gasteiger partial charge in [-0.3, -0.25) is 9.59 Å². The Balaban J connectivity index is 1.33. The highest BCUT2D eigenvalue weighted by Gasteiger charge is 2.48. The molecule has 1 N–H and O–H groups in total. The number of rotatable bonds is 7. The summed E-state index contributed by atoms with van der Waals surface area (Å²) in [5.41, 5.74) is 8.11. The van der Waals surface area contributed by atoms with Crippen LogP contribution in [0.3, 0.4) is 0 Å². The highest BCUT2D eigenvalue weighted by molar-refractivity contribution is 6.04. The molecule has 1 saturated heterocycles. The quantitative estimate of drug-likeness (QED) is 0.212. The van der Waals surface area contributed by atoms with Crippen LogP contribution in [0.2, 0.25) is 0 Å². The summed E-state index contributed by atoms with van der Waals surface area (Å²) in [4.78, 5) is 39.2. The monoisotopic (exact) mass is 596 g/mol. The van der Waals surface area contributed by atoms with Gasteiger partial charge >= 0.3 is 0 Å². The Kier molecular flexibility index (Phi) is 7.66. The third kappa shape index (κ3) is 5.08. The minimum atomic E-state index is -0.595. The van der Waals surface area contributed by atoms with E-state index in [0.29, 0.717) is 18.7 Å². The smallest absolute Gasteiger partial charge is 0.255 e. The summed E-state index contributed by atoms with van der Waals surface area (Å²) in [5.74, 6) is -0.0595. The molecule has 6 nitrogen and oxygen atoms in total. The zero-order valence-corrected chi connectivity index (χ0v) is 26.2. The first-order chi connectivity index (χ1) is 22.0. The zero-order valence-electron chi connectivity index (χ0n) is 26.2. The number of anilines is 1. The van der Waals surface area contributed by atoms with E-state index < -0.39 is 12.1 Å². The van der Waals surface area contributed by atoms with Crippen LogP contribution in [-0.4, -0.2) is 58.8 Å². The number of aromatic nitrogens is 1. The van der Waals surface area contributed by atoms with Crippen LogP contribution >= 0.6 is 0 Å². The summed E-state index contributed by atoms with van der Waals surface area (Å²) in [7, 11) is 0. The predicted molar refractivity (Wildman–Crippen MR) is 181 cm³/mol. The molecule has 7 rings (SSSR count). The van der Waals surface area contributed by atoms with Crippen LogP contribution in [0.15, 0.2) is 103 Å². The molecule has 0 spiro atoms. The van der Waals surface area contributed by atoms with Gasteiger partial charge in [-0.25, -0.2) is 0 Å². The number of piperazine rings is 1. The zero-order chi connectivity index (χ0) is 31.1. The van der Waals surface area contributed by atoms with Gasteiger partial charge in [0.05, 0.1) is 11.7 Å². The number of nitrogens with zero attached hydrogens (tertiary/aromatic N) is 3. The van der Waals surface area contributed by atoms with Crippen LogP contribution in [-0.2, 0) is 4.79 Å². The molecule has 2 aliphatic rings. The summed E-state index contributed by atoms with van der Waals surface area (Å²) in [5, 5.41) is 1.07. The van der Waals surface area contributed by atoms with Gasteiger partial charge in [-0.05, 0) is 48.2 Å². The second-order valence-corrected chi connectivity index (χ2v) is 12.5. The Morgan fingerprint density at radius 2 is 1.51 bits per heavy atom. The van der Waals surface area contributed by atoms with Gasteiger partial charge in [0.15, 0.2) is 0 Å². The topological polar surface area (TPSA) is 59.7 Å². The number of hydrogen-bond acceptors (Lipinski definition) is 3. The third-order valence-corrected chi connectivity index (χ3v) is 9.81. The molecule has 45 heavy (non-hydrogen) atoms. The number of aryl methyl sites for hydroxylation is 1. The van der Waals surface area contributed by atoms with Gasteiger partial charge in [-0.2, -0.15) is 0 Å². The van der Waals surface area contributed by atoms with Crippen molar-refractivity contribution in [2.45, 2.75) is 39.3 Å². The van der Waals surface area contributed by atoms with Crippen molar-refractivity contribution in [3.63, 3.8) is 0 Å². The van der Waals surface area contributed by atoms with E-state index >= 15 is 0 Å². The van der Waals surface area contributed by atoms with E-state index in [1.54, 1.807) is 0 Å². The molecular weight excluding hydrogens is 556 g/mol. The van der Waals surface area contributed by atoms with Gasteiger partial charge < -0.3 is 19.7 Å². The number of carbonyl (C=O) groups is 2. The molecule has 3 unspecified atom stereocenters. The number of fused-ring (bicyclic) bond motifs is 2. The molecule has 4 aromatic carbocycles. The maximum Gasteiger partial charge on any atom is 0.255 e. The number of nitrogens with one attached hydrogen (secondary N) is 1. The Bertz CT molecular complexity index is 1840. The number of hydrogen-bond donors (Lipinski definition) is 1. The SMILES string of the molecule is CCC(C)C(C(=O)N1CCN(c2ccccc2)CC1)N1C(=O)c2ccccc2C1c1c(-c2ccc(C)cc2)[nH]c2ccccc12. The van der Waals surface area contributed by atoms with E-state index in [1.165, 1.54) is 11.3 Å². The summed E-state index contributed by atoms with van der Waals surface area (Å²) >= 11 is 0. The van der Waals surface area contributed by atoms with E-state index in [9.17, 15) is 9.59 Å². The average Bonchev–Trinajstić information content (AvgIpc) is 3.60.